The van der Waals surface area contributed by atoms with Crippen molar-refractivity contribution in [3.63, 3.8) is 0 Å². The largest absolute Gasteiger partial charge is 0.513 e. The second-order valence-corrected chi connectivity index (χ2v) is 10.4. The topological polar surface area (TPSA) is 123 Å². The first kappa shape index (κ1) is 26.3. The number of nitrogen functional groups attached to an aromatic ring is 1. The molecule has 0 saturated carbocycles. The third-order valence-electron chi connectivity index (χ3n) is 7.10. The van der Waals surface area contributed by atoms with E-state index in [0.29, 0.717) is 23.5 Å². The molecule has 188 valence electrons. The summed E-state index contributed by atoms with van der Waals surface area (Å²) < 4.78 is 2.07. The first-order chi connectivity index (χ1) is 16.3. The van der Waals surface area contributed by atoms with Crippen molar-refractivity contribution in [2.45, 2.75) is 78.3 Å². The number of fused-ring (bicyclic) bond motifs is 3. The van der Waals surface area contributed by atoms with Gasteiger partial charge < -0.3 is 26.2 Å². The maximum Gasteiger partial charge on any atom is 0.152 e. The molecule has 35 heavy (non-hydrogen) atoms. The van der Waals surface area contributed by atoms with Crippen molar-refractivity contribution >= 4 is 27.8 Å². The van der Waals surface area contributed by atoms with Gasteiger partial charge in [-0.25, -0.2) is 9.97 Å². The molecule has 7 heteroatoms. The molecule has 2 aromatic heterocycles. The molecule has 0 unspecified atom stereocenters. The highest BCUT2D eigenvalue weighted by molar-refractivity contribution is 6.06. The third-order valence-corrected chi connectivity index (χ3v) is 7.10. The van der Waals surface area contributed by atoms with Gasteiger partial charge in [0.25, 0.3) is 0 Å². The zero-order valence-electron chi connectivity index (χ0n) is 21.8. The smallest absolute Gasteiger partial charge is 0.152 e. The van der Waals surface area contributed by atoms with E-state index < -0.39 is 5.54 Å². The summed E-state index contributed by atoms with van der Waals surface area (Å²) in [6.07, 6.45) is 5.64. The number of anilines is 1. The second-order valence-electron chi connectivity index (χ2n) is 10.4. The van der Waals surface area contributed by atoms with Crippen LogP contribution in [0.15, 0.2) is 54.0 Å². The quantitative estimate of drug-likeness (QED) is 0.222. The number of allylic oxidation sites excluding steroid dienone is 4. The van der Waals surface area contributed by atoms with Gasteiger partial charge in [-0.05, 0) is 51.0 Å². The molecule has 3 aromatic rings. The minimum atomic E-state index is -0.443. The van der Waals surface area contributed by atoms with Crippen LogP contribution in [0.1, 0.15) is 65.8 Å². The van der Waals surface area contributed by atoms with Gasteiger partial charge >= 0.3 is 0 Å². The number of imidazole rings is 1. The van der Waals surface area contributed by atoms with Gasteiger partial charge in [0.2, 0.25) is 0 Å². The highest BCUT2D eigenvalue weighted by Crippen LogP contribution is 2.37. The van der Waals surface area contributed by atoms with Gasteiger partial charge in [0.1, 0.15) is 17.1 Å². The first-order valence-corrected chi connectivity index (χ1v) is 12.1. The Bertz CT molecular complexity index is 1320. The van der Waals surface area contributed by atoms with E-state index in [1.165, 1.54) is 6.08 Å². The molecule has 0 spiro atoms. The van der Waals surface area contributed by atoms with E-state index in [4.69, 9.17) is 21.4 Å². The average Bonchev–Trinajstić information content (AvgIpc) is 3.14. The van der Waals surface area contributed by atoms with Gasteiger partial charge in [-0.1, -0.05) is 45.9 Å². The van der Waals surface area contributed by atoms with Crippen molar-refractivity contribution in [2.24, 2.45) is 5.73 Å². The van der Waals surface area contributed by atoms with Crippen LogP contribution in [0.4, 0.5) is 5.82 Å². The Morgan fingerprint density at radius 3 is 2.43 bits per heavy atom. The van der Waals surface area contributed by atoms with Crippen LogP contribution in [0.3, 0.4) is 0 Å². The SMILES string of the molecule is C=C/C(O)=C(\C=C(/C)O)Cn1c(CCCC)nc2c(N)nc3cc(C(C)(C)C(C)(C)N)ccc3c21. The van der Waals surface area contributed by atoms with E-state index in [-0.39, 0.29) is 16.9 Å². The predicted octanol–water partition coefficient (Wildman–Crippen LogP) is 5.98. The minimum absolute atomic E-state index is 0.00207. The summed E-state index contributed by atoms with van der Waals surface area (Å²) in [5, 5.41) is 21.3. The number of aliphatic hydroxyl groups excluding tert-OH is 2. The van der Waals surface area contributed by atoms with Gasteiger partial charge in [-0.3, -0.25) is 0 Å². The fraction of sp³-hybridized carbons (Fsp3) is 0.429. The Labute approximate surface area is 207 Å². The van der Waals surface area contributed by atoms with Crippen molar-refractivity contribution < 1.29 is 10.2 Å². The standard InChI is InChI=1S/C28H39N5O2/c1-8-10-11-23-32-24-25(33(23)16-18(14-17(3)34)22(35)9-2)20-13-12-19(15-21(20)31-26(24)29)27(4,5)28(6,7)30/h9,12-15,34-35H,2,8,10-11,16,30H2,1,3-7H3,(H2,29,31)/b17-14+,22-18-. The van der Waals surface area contributed by atoms with E-state index in [0.717, 1.165) is 47.1 Å². The number of pyridine rings is 1. The molecule has 0 bridgehead atoms. The Morgan fingerprint density at radius 2 is 1.86 bits per heavy atom. The van der Waals surface area contributed by atoms with E-state index in [9.17, 15) is 10.2 Å². The number of nitrogens with zero attached hydrogens (tertiary/aromatic N) is 3. The third kappa shape index (κ3) is 5.05. The minimum Gasteiger partial charge on any atom is -0.513 e. The summed E-state index contributed by atoms with van der Waals surface area (Å²) in [6.45, 7) is 16.0. The number of aliphatic hydroxyl groups is 2. The molecule has 2 heterocycles. The maximum atomic E-state index is 10.5. The Hall–Kier alpha value is -3.32. The lowest BCUT2D eigenvalue weighted by Gasteiger charge is -2.39. The lowest BCUT2D eigenvalue weighted by molar-refractivity contribution is 0.306. The van der Waals surface area contributed by atoms with E-state index in [2.05, 4.69) is 50.1 Å². The second kappa shape index (κ2) is 9.74. The van der Waals surface area contributed by atoms with Crippen LogP contribution in [0.2, 0.25) is 0 Å². The molecule has 0 radical (unpaired) electrons. The monoisotopic (exact) mass is 477 g/mol. The number of rotatable bonds is 9. The number of benzene rings is 1. The average molecular weight is 478 g/mol. The van der Waals surface area contributed by atoms with E-state index >= 15 is 0 Å². The highest BCUT2D eigenvalue weighted by atomic mass is 16.3. The van der Waals surface area contributed by atoms with Crippen LogP contribution in [0, 0.1) is 0 Å². The summed E-state index contributed by atoms with van der Waals surface area (Å²) in [7, 11) is 0. The summed E-state index contributed by atoms with van der Waals surface area (Å²) in [4.78, 5) is 9.58. The normalized spacial score (nSPS) is 14.0. The van der Waals surface area contributed by atoms with Crippen molar-refractivity contribution in [3.05, 3.63) is 65.4 Å². The lowest BCUT2D eigenvalue weighted by Crippen LogP contribution is -2.50. The van der Waals surface area contributed by atoms with Crippen LogP contribution in [0.25, 0.3) is 21.9 Å². The van der Waals surface area contributed by atoms with Gasteiger partial charge in [0.15, 0.2) is 5.82 Å². The molecular formula is C28H39N5O2. The summed E-state index contributed by atoms with van der Waals surface area (Å²) in [6, 6.07) is 6.20. The summed E-state index contributed by atoms with van der Waals surface area (Å²) in [5.74, 6) is 1.31. The molecule has 1 aromatic carbocycles. The predicted molar refractivity (Wildman–Crippen MR) is 146 cm³/mol. The first-order valence-electron chi connectivity index (χ1n) is 12.1. The number of aromatic nitrogens is 3. The lowest BCUT2D eigenvalue weighted by atomic mass is 9.70. The Balaban J connectivity index is 2.35. The van der Waals surface area contributed by atoms with Crippen molar-refractivity contribution in [1.29, 1.82) is 0 Å². The molecule has 0 fully saturated rings. The number of nitrogens with two attached hydrogens (primary N) is 2. The molecular weight excluding hydrogens is 438 g/mol. The van der Waals surface area contributed by atoms with Gasteiger partial charge in [-0.2, -0.15) is 0 Å². The molecule has 0 aliphatic rings. The summed E-state index contributed by atoms with van der Waals surface area (Å²) in [5.41, 5.74) is 16.1. The fourth-order valence-electron chi connectivity index (χ4n) is 4.17. The molecule has 0 aliphatic carbocycles. The zero-order chi connectivity index (χ0) is 26.1. The van der Waals surface area contributed by atoms with Crippen molar-refractivity contribution in [1.82, 2.24) is 14.5 Å². The van der Waals surface area contributed by atoms with Gasteiger partial charge in [0, 0.05) is 28.3 Å². The van der Waals surface area contributed by atoms with E-state index in [1.54, 1.807) is 13.0 Å². The molecule has 7 nitrogen and oxygen atoms in total. The zero-order valence-corrected chi connectivity index (χ0v) is 21.8. The van der Waals surface area contributed by atoms with Crippen LogP contribution in [0.5, 0.6) is 0 Å². The number of hydrogen-bond acceptors (Lipinski definition) is 6. The summed E-state index contributed by atoms with van der Waals surface area (Å²) >= 11 is 0. The van der Waals surface area contributed by atoms with E-state index in [1.807, 2.05) is 13.8 Å². The maximum absolute atomic E-state index is 10.5. The number of hydrogen-bond donors (Lipinski definition) is 4. The van der Waals surface area contributed by atoms with Crippen LogP contribution in [-0.2, 0) is 18.4 Å². The molecule has 6 N–H and O–H groups in total. The molecule has 0 atom stereocenters. The van der Waals surface area contributed by atoms with Crippen molar-refractivity contribution in [2.75, 3.05) is 5.73 Å². The fourth-order valence-corrected chi connectivity index (χ4v) is 4.17. The van der Waals surface area contributed by atoms with Crippen LogP contribution in [-0.4, -0.2) is 30.3 Å². The van der Waals surface area contributed by atoms with Crippen molar-refractivity contribution in [3.8, 4) is 0 Å². The molecule has 0 aliphatic heterocycles. The highest BCUT2D eigenvalue weighted by Gasteiger charge is 2.35. The number of aryl methyl sites for hydroxylation is 1. The molecule has 0 amide bonds. The Kier molecular flexibility index (Phi) is 7.31. The van der Waals surface area contributed by atoms with Gasteiger partial charge in [-0.15, -0.1) is 0 Å². The molecule has 0 saturated heterocycles. The molecule has 3 rings (SSSR count). The van der Waals surface area contributed by atoms with Crippen LogP contribution >= 0.6 is 0 Å². The van der Waals surface area contributed by atoms with Gasteiger partial charge in [0.05, 0.1) is 23.3 Å². The van der Waals surface area contributed by atoms with Crippen LogP contribution < -0.4 is 11.5 Å². The Morgan fingerprint density at radius 1 is 1.17 bits per heavy atom. The number of unbranched alkanes of at least 4 members (excludes halogenated alkanes) is 1.